The second-order valence-electron chi connectivity index (χ2n) is 6.51. The number of nitrogens with zero attached hydrogens (tertiary/aromatic N) is 2. The van der Waals surface area contributed by atoms with Crippen molar-refractivity contribution in [1.29, 1.82) is 0 Å². The van der Waals surface area contributed by atoms with Crippen molar-refractivity contribution in [2.45, 2.75) is 38.1 Å². The van der Waals surface area contributed by atoms with Gasteiger partial charge in [0.05, 0.1) is 18.3 Å². The summed E-state index contributed by atoms with van der Waals surface area (Å²) in [5.41, 5.74) is 1.07. The van der Waals surface area contributed by atoms with Crippen molar-refractivity contribution >= 4 is 27.5 Å². The molecule has 0 spiro atoms. The smallest absolute Gasteiger partial charge is 0.238 e. The maximum Gasteiger partial charge on any atom is 0.238 e. The fraction of sp³-hybridized carbons (Fsp3) is 0.588. The molecule has 2 aliphatic rings. The highest BCUT2D eigenvalue weighted by molar-refractivity contribution is 7.89. The molecule has 0 N–H and O–H groups in total. The molecule has 1 amide bonds. The fourth-order valence-corrected chi connectivity index (χ4v) is 5.14. The lowest BCUT2D eigenvalue weighted by molar-refractivity contribution is -0.133. The minimum absolute atomic E-state index is 0.00238. The van der Waals surface area contributed by atoms with Crippen molar-refractivity contribution in [3.05, 3.63) is 34.9 Å². The van der Waals surface area contributed by atoms with Gasteiger partial charge in [0.2, 0.25) is 15.9 Å². The van der Waals surface area contributed by atoms with Gasteiger partial charge in [-0.3, -0.25) is 4.79 Å². The SMILES string of the molecule is O=C(CN1CCCS1(=O)=O)N1CCCCCC1c1ccc(Cl)cc1. The number of amides is 1. The van der Waals surface area contributed by atoms with Crippen LogP contribution >= 0.6 is 11.6 Å². The zero-order valence-electron chi connectivity index (χ0n) is 13.7. The lowest BCUT2D eigenvalue weighted by Crippen LogP contribution is -2.42. The highest BCUT2D eigenvalue weighted by Gasteiger charge is 2.33. The number of hydrogen-bond donors (Lipinski definition) is 0. The zero-order chi connectivity index (χ0) is 17.2. The van der Waals surface area contributed by atoms with Crippen LogP contribution in [0.4, 0.5) is 0 Å². The van der Waals surface area contributed by atoms with Gasteiger partial charge in [-0.05, 0) is 37.0 Å². The van der Waals surface area contributed by atoms with Gasteiger partial charge in [0.25, 0.3) is 0 Å². The van der Waals surface area contributed by atoms with Gasteiger partial charge < -0.3 is 4.90 Å². The van der Waals surface area contributed by atoms with Crippen LogP contribution in [0.2, 0.25) is 5.02 Å². The molecular formula is C17H23ClN2O3S. The van der Waals surface area contributed by atoms with Crippen molar-refractivity contribution in [2.75, 3.05) is 25.4 Å². The van der Waals surface area contributed by atoms with Gasteiger partial charge in [-0.25, -0.2) is 8.42 Å². The van der Waals surface area contributed by atoms with E-state index < -0.39 is 10.0 Å². The number of carbonyl (C=O) groups excluding carboxylic acids is 1. The summed E-state index contributed by atoms with van der Waals surface area (Å²) in [6.07, 6.45) is 4.63. The monoisotopic (exact) mass is 370 g/mol. The number of carbonyl (C=O) groups is 1. The normalized spacial score (nSPS) is 24.7. The summed E-state index contributed by atoms with van der Waals surface area (Å²) in [7, 11) is -3.25. The molecule has 7 heteroatoms. The molecule has 132 valence electrons. The molecule has 0 aliphatic carbocycles. The molecule has 0 aromatic heterocycles. The maximum absolute atomic E-state index is 12.8. The largest absolute Gasteiger partial charge is 0.335 e. The molecule has 1 aromatic rings. The van der Waals surface area contributed by atoms with Crippen LogP contribution in [-0.4, -0.2) is 48.9 Å². The lowest BCUT2D eigenvalue weighted by atomic mass is 10.0. The van der Waals surface area contributed by atoms with Crippen molar-refractivity contribution < 1.29 is 13.2 Å². The van der Waals surface area contributed by atoms with Crippen molar-refractivity contribution in [3.63, 3.8) is 0 Å². The first-order valence-electron chi connectivity index (χ1n) is 8.50. The van der Waals surface area contributed by atoms with E-state index in [9.17, 15) is 13.2 Å². The van der Waals surface area contributed by atoms with Gasteiger partial charge in [0, 0.05) is 18.1 Å². The highest BCUT2D eigenvalue weighted by Crippen LogP contribution is 2.31. The van der Waals surface area contributed by atoms with Crippen LogP contribution in [0, 0.1) is 0 Å². The molecule has 1 aromatic carbocycles. The summed E-state index contributed by atoms with van der Waals surface area (Å²) in [5, 5.41) is 0.674. The second-order valence-corrected chi connectivity index (χ2v) is 9.03. The van der Waals surface area contributed by atoms with Gasteiger partial charge in [0.1, 0.15) is 0 Å². The first-order valence-corrected chi connectivity index (χ1v) is 10.5. The standard InChI is InChI=1S/C17H23ClN2O3S/c18-15-8-6-14(7-9-15)16-5-2-1-3-11-20(16)17(21)13-19-10-4-12-24(19,22)23/h6-9,16H,1-5,10-13H2. The average molecular weight is 371 g/mol. The summed E-state index contributed by atoms with van der Waals surface area (Å²) in [6.45, 7) is 1.10. The summed E-state index contributed by atoms with van der Waals surface area (Å²) < 4.78 is 25.3. The molecule has 0 bridgehead atoms. The predicted octanol–water partition coefficient (Wildman–Crippen LogP) is 2.82. The van der Waals surface area contributed by atoms with E-state index >= 15 is 0 Å². The molecular weight excluding hydrogens is 348 g/mol. The number of sulfonamides is 1. The summed E-state index contributed by atoms with van der Waals surface area (Å²) in [4.78, 5) is 14.7. The summed E-state index contributed by atoms with van der Waals surface area (Å²) in [5.74, 6) is 0.0586. The molecule has 3 rings (SSSR count). The molecule has 1 atom stereocenters. The Kier molecular flexibility index (Phi) is 5.47. The van der Waals surface area contributed by atoms with Gasteiger partial charge in [-0.2, -0.15) is 4.31 Å². The number of rotatable bonds is 3. The van der Waals surface area contributed by atoms with Crippen LogP contribution in [0.3, 0.4) is 0 Å². The molecule has 1 unspecified atom stereocenters. The van der Waals surface area contributed by atoms with Crippen molar-refractivity contribution in [1.82, 2.24) is 9.21 Å². The minimum atomic E-state index is -3.25. The number of halogens is 1. The van der Waals surface area contributed by atoms with E-state index in [2.05, 4.69) is 0 Å². The van der Waals surface area contributed by atoms with Crippen LogP contribution in [-0.2, 0) is 14.8 Å². The van der Waals surface area contributed by atoms with E-state index in [1.54, 1.807) is 0 Å². The van der Waals surface area contributed by atoms with Gasteiger partial charge in [-0.15, -0.1) is 0 Å². The van der Waals surface area contributed by atoms with Crippen LogP contribution in [0.5, 0.6) is 0 Å². The molecule has 2 aliphatic heterocycles. The van der Waals surface area contributed by atoms with Crippen LogP contribution in [0.25, 0.3) is 0 Å². The maximum atomic E-state index is 12.8. The third-order valence-corrected chi connectivity index (χ3v) is 7.00. The minimum Gasteiger partial charge on any atom is -0.335 e. The fourth-order valence-electron chi connectivity index (χ4n) is 3.55. The molecule has 0 saturated carbocycles. The second kappa shape index (κ2) is 7.42. The van der Waals surface area contributed by atoms with E-state index in [-0.39, 0.29) is 24.2 Å². The highest BCUT2D eigenvalue weighted by atomic mass is 35.5. The van der Waals surface area contributed by atoms with Crippen LogP contribution < -0.4 is 0 Å². The molecule has 24 heavy (non-hydrogen) atoms. The van der Waals surface area contributed by atoms with E-state index in [4.69, 9.17) is 11.6 Å². The van der Waals surface area contributed by atoms with Crippen LogP contribution in [0.1, 0.15) is 43.7 Å². The van der Waals surface area contributed by atoms with Gasteiger partial charge >= 0.3 is 0 Å². The quantitative estimate of drug-likeness (QED) is 0.822. The Labute approximate surface area is 148 Å². The molecule has 2 heterocycles. The van der Waals surface area contributed by atoms with Crippen molar-refractivity contribution in [3.8, 4) is 0 Å². The van der Waals surface area contributed by atoms with Crippen molar-refractivity contribution in [2.24, 2.45) is 0 Å². The van der Waals surface area contributed by atoms with Gasteiger partial charge in [0.15, 0.2) is 0 Å². The first-order chi connectivity index (χ1) is 11.5. The van der Waals surface area contributed by atoms with E-state index in [0.29, 0.717) is 24.5 Å². The predicted molar refractivity (Wildman–Crippen MR) is 94.4 cm³/mol. The summed E-state index contributed by atoms with van der Waals surface area (Å²) in [6, 6.07) is 7.61. The number of hydrogen-bond acceptors (Lipinski definition) is 3. The Bertz CT molecular complexity index is 690. The summed E-state index contributed by atoms with van der Waals surface area (Å²) >= 11 is 5.97. The third kappa shape index (κ3) is 3.92. The Morgan fingerprint density at radius 3 is 2.50 bits per heavy atom. The number of benzene rings is 1. The molecule has 5 nitrogen and oxygen atoms in total. The molecule has 0 radical (unpaired) electrons. The lowest BCUT2D eigenvalue weighted by Gasteiger charge is -2.31. The Hall–Kier alpha value is -1.11. The first kappa shape index (κ1) is 17.7. The Morgan fingerprint density at radius 2 is 1.83 bits per heavy atom. The Morgan fingerprint density at radius 1 is 1.08 bits per heavy atom. The molecule has 2 saturated heterocycles. The topological polar surface area (TPSA) is 57.7 Å². The number of likely N-dealkylation sites (tertiary alicyclic amines) is 1. The third-order valence-electron chi connectivity index (χ3n) is 4.84. The zero-order valence-corrected chi connectivity index (χ0v) is 15.2. The average Bonchev–Trinajstić information content (AvgIpc) is 2.76. The van der Waals surface area contributed by atoms with Crippen LogP contribution in [0.15, 0.2) is 24.3 Å². The van der Waals surface area contributed by atoms with Gasteiger partial charge in [-0.1, -0.05) is 36.6 Å². The molecule has 2 fully saturated rings. The van der Waals surface area contributed by atoms with E-state index in [1.807, 2.05) is 29.2 Å². The van der Waals surface area contributed by atoms with E-state index in [0.717, 1.165) is 31.2 Å². The van der Waals surface area contributed by atoms with E-state index in [1.165, 1.54) is 4.31 Å². The Balaban J connectivity index is 1.79.